The fourth-order valence-corrected chi connectivity index (χ4v) is 9.71. The van der Waals surface area contributed by atoms with Crippen LogP contribution in [0.2, 0.25) is 0 Å². The normalized spacial score (nSPS) is 14.4. The molecule has 0 aliphatic carbocycles. The number of allylic oxidation sites excluding steroid dienone is 13. The van der Waals surface area contributed by atoms with Crippen LogP contribution in [-0.4, -0.2) is 68.5 Å². The van der Waals surface area contributed by atoms with Gasteiger partial charge >= 0.3 is 0 Å². The minimum Gasteiger partial charge on any atom is -0.756 e. The summed E-state index contributed by atoms with van der Waals surface area (Å²) in [4.78, 5) is 25.6. The van der Waals surface area contributed by atoms with Crippen molar-refractivity contribution in [1.82, 2.24) is 5.32 Å². The maximum atomic E-state index is 13.0. The highest BCUT2D eigenvalue weighted by molar-refractivity contribution is 7.45. The Morgan fingerprint density at radius 1 is 0.480 bits per heavy atom. The topological polar surface area (TPSA) is 108 Å². The first-order chi connectivity index (χ1) is 36.5. The molecule has 3 unspecified atom stereocenters. The van der Waals surface area contributed by atoms with Gasteiger partial charge in [0.2, 0.25) is 5.91 Å². The van der Waals surface area contributed by atoms with E-state index in [1.807, 2.05) is 27.2 Å². The van der Waals surface area contributed by atoms with Gasteiger partial charge in [-0.25, -0.2) is 0 Å². The van der Waals surface area contributed by atoms with E-state index in [1.165, 1.54) is 180 Å². The third-order valence-corrected chi connectivity index (χ3v) is 14.8. The molecule has 75 heavy (non-hydrogen) atoms. The van der Waals surface area contributed by atoms with Crippen molar-refractivity contribution in [2.45, 2.75) is 289 Å². The number of aliphatic hydroxyl groups excluding tert-OH is 1. The van der Waals surface area contributed by atoms with Crippen molar-refractivity contribution < 1.29 is 32.9 Å². The molecular weight excluding hydrogens is 948 g/mol. The monoisotopic (exact) mass is 1070 g/mol. The van der Waals surface area contributed by atoms with Crippen molar-refractivity contribution in [3.05, 3.63) is 85.1 Å². The number of hydrogen-bond acceptors (Lipinski definition) is 6. The van der Waals surface area contributed by atoms with Crippen molar-refractivity contribution in [3.8, 4) is 0 Å². The van der Waals surface area contributed by atoms with E-state index < -0.39 is 20.0 Å². The van der Waals surface area contributed by atoms with Gasteiger partial charge in [0, 0.05) is 6.42 Å². The van der Waals surface area contributed by atoms with Crippen LogP contribution in [0.4, 0.5) is 0 Å². The Morgan fingerprint density at radius 3 is 1.19 bits per heavy atom. The van der Waals surface area contributed by atoms with Gasteiger partial charge in [0.25, 0.3) is 7.82 Å². The fraction of sp³-hybridized carbons (Fsp3) is 0.773. The van der Waals surface area contributed by atoms with Crippen molar-refractivity contribution >= 4 is 13.7 Å². The first-order valence-corrected chi connectivity index (χ1v) is 32.9. The van der Waals surface area contributed by atoms with Gasteiger partial charge in [0.05, 0.1) is 39.9 Å². The smallest absolute Gasteiger partial charge is 0.268 e. The molecule has 0 heterocycles. The molecule has 0 bridgehead atoms. The van der Waals surface area contributed by atoms with Crippen LogP contribution in [0.5, 0.6) is 0 Å². The Bertz CT molecular complexity index is 1500. The Hall–Kier alpha value is -2.32. The van der Waals surface area contributed by atoms with E-state index in [0.29, 0.717) is 17.4 Å². The van der Waals surface area contributed by atoms with Crippen LogP contribution in [0, 0.1) is 0 Å². The molecule has 0 aromatic carbocycles. The highest BCUT2D eigenvalue weighted by Crippen LogP contribution is 2.38. The fourth-order valence-electron chi connectivity index (χ4n) is 8.98. The summed E-state index contributed by atoms with van der Waals surface area (Å²) in [5, 5.41) is 13.9. The predicted octanol–water partition coefficient (Wildman–Crippen LogP) is 19.0. The molecule has 0 spiro atoms. The third kappa shape index (κ3) is 59.2. The lowest BCUT2D eigenvalue weighted by atomic mass is 10.0. The molecular formula is C66H121N2O6P. The van der Waals surface area contributed by atoms with E-state index in [1.54, 1.807) is 6.08 Å². The Balaban J connectivity index is 4.16. The number of rotatable bonds is 57. The zero-order chi connectivity index (χ0) is 54.9. The minimum absolute atomic E-state index is 0.00389. The number of quaternary nitrogens is 1. The minimum atomic E-state index is -4.60. The standard InChI is InChI=1S/C66H121N2O6P/c1-6-8-10-12-14-16-18-20-22-24-26-28-30-31-32-33-34-35-36-37-38-40-42-44-46-48-50-52-54-56-58-60-66(70)67-64(63-74-75(71,72)73-62-61-68(3,4)5)65(69)59-57-55-53-51-49-47-45-43-41-39-29-27-25-23-21-19-17-15-13-11-9-7-2/h8,10,14,16,20,22,26,28,31-32,34-35,57,59,64-65,69H,6-7,9,11-13,15,17-19,21,23-25,27,29-30,33,36-56,58,60-63H2,1-5H3,(H-,67,70,71,72)/b10-8-,16-14-,22-20-,28-26-,32-31-,35-34-,59-57+. The molecule has 0 saturated carbocycles. The molecule has 9 heteroatoms. The molecule has 0 aromatic rings. The van der Waals surface area contributed by atoms with Gasteiger partial charge in [0.1, 0.15) is 13.2 Å². The first-order valence-electron chi connectivity index (χ1n) is 31.4. The second-order valence-corrected chi connectivity index (χ2v) is 23.8. The van der Waals surface area contributed by atoms with Gasteiger partial charge in [-0.3, -0.25) is 9.36 Å². The molecule has 3 atom stereocenters. The van der Waals surface area contributed by atoms with E-state index in [-0.39, 0.29) is 19.1 Å². The van der Waals surface area contributed by atoms with E-state index in [4.69, 9.17) is 9.05 Å². The number of phosphoric acid groups is 1. The molecule has 0 radical (unpaired) electrons. The number of phosphoric ester groups is 1. The Morgan fingerprint density at radius 2 is 0.813 bits per heavy atom. The molecule has 0 rings (SSSR count). The van der Waals surface area contributed by atoms with Gasteiger partial charge in [0.15, 0.2) is 0 Å². The number of aliphatic hydroxyl groups is 1. The SMILES string of the molecule is CC/C=C\C/C=C\C/C=C\C/C=C\C/C=C\C/C=C\CCCCCCCCCCCCCCC(=O)NC(COP(=O)([O-])OCC[N+](C)(C)C)C(O)/C=C/CCCCCCCCCCCCCCCCCCCCCC. The molecule has 8 nitrogen and oxygen atoms in total. The Labute approximate surface area is 465 Å². The number of hydrogen-bond donors (Lipinski definition) is 2. The highest BCUT2D eigenvalue weighted by atomic mass is 31.2. The van der Waals surface area contributed by atoms with Crippen molar-refractivity contribution in [1.29, 1.82) is 0 Å². The summed E-state index contributed by atoms with van der Waals surface area (Å²) in [5.74, 6) is -0.200. The molecule has 2 N–H and O–H groups in total. The van der Waals surface area contributed by atoms with Crippen LogP contribution >= 0.6 is 7.82 Å². The van der Waals surface area contributed by atoms with Crippen LogP contribution < -0.4 is 10.2 Å². The third-order valence-electron chi connectivity index (χ3n) is 13.9. The first kappa shape index (κ1) is 72.7. The zero-order valence-electron chi connectivity index (χ0n) is 49.7. The lowest BCUT2D eigenvalue weighted by Gasteiger charge is -2.29. The van der Waals surface area contributed by atoms with Gasteiger partial charge in [-0.05, 0) is 70.6 Å². The van der Waals surface area contributed by atoms with E-state index in [2.05, 4.69) is 92.1 Å². The van der Waals surface area contributed by atoms with E-state index in [0.717, 1.165) is 77.0 Å². The second kappa shape index (κ2) is 56.4. The summed E-state index contributed by atoms with van der Waals surface area (Å²) < 4.78 is 23.4. The molecule has 0 fully saturated rings. The number of carbonyl (C=O) groups is 1. The van der Waals surface area contributed by atoms with Crippen LogP contribution in [0.25, 0.3) is 0 Å². The molecule has 0 aliphatic rings. The van der Waals surface area contributed by atoms with Crippen molar-refractivity contribution in [2.24, 2.45) is 0 Å². The summed E-state index contributed by atoms with van der Waals surface area (Å²) >= 11 is 0. The van der Waals surface area contributed by atoms with Crippen LogP contribution in [0.3, 0.4) is 0 Å². The quantitative estimate of drug-likeness (QED) is 0.0272. The van der Waals surface area contributed by atoms with Crippen molar-refractivity contribution in [3.63, 3.8) is 0 Å². The predicted molar refractivity (Wildman–Crippen MR) is 325 cm³/mol. The zero-order valence-corrected chi connectivity index (χ0v) is 50.6. The van der Waals surface area contributed by atoms with Crippen LogP contribution in [0.15, 0.2) is 85.1 Å². The van der Waals surface area contributed by atoms with Gasteiger partial charge in [-0.1, -0.05) is 285 Å². The molecule has 0 aromatic heterocycles. The maximum absolute atomic E-state index is 13.0. The van der Waals surface area contributed by atoms with E-state index in [9.17, 15) is 19.4 Å². The van der Waals surface area contributed by atoms with Gasteiger partial charge in [-0.15, -0.1) is 0 Å². The number of nitrogens with one attached hydrogen (secondary N) is 1. The highest BCUT2D eigenvalue weighted by Gasteiger charge is 2.23. The number of amides is 1. The average molecular weight is 1070 g/mol. The molecule has 0 aliphatic heterocycles. The largest absolute Gasteiger partial charge is 0.756 e. The van der Waals surface area contributed by atoms with Crippen LogP contribution in [-0.2, 0) is 18.4 Å². The van der Waals surface area contributed by atoms with Crippen molar-refractivity contribution in [2.75, 3.05) is 40.9 Å². The summed E-state index contributed by atoms with van der Waals surface area (Å²) in [6, 6.07) is -0.893. The second-order valence-electron chi connectivity index (χ2n) is 22.4. The van der Waals surface area contributed by atoms with Gasteiger partial charge in [-0.2, -0.15) is 0 Å². The summed E-state index contributed by atoms with van der Waals surface area (Å²) in [5.41, 5.74) is 0. The van der Waals surface area contributed by atoms with Gasteiger partial charge < -0.3 is 28.8 Å². The summed E-state index contributed by atoms with van der Waals surface area (Å²) in [6.07, 6.45) is 79.5. The number of nitrogens with zero attached hydrogens (tertiary/aromatic N) is 1. The van der Waals surface area contributed by atoms with E-state index >= 15 is 0 Å². The van der Waals surface area contributed by atoms with Crippen LogP contribution in [0.1, 0.15) is 277 Å². The number of likely N-dealkylation sites (N-methyl/N-ethyl adjacent to an activating group) is 1. The average Bonchev–Trinajstić information content (AvgIpc) is 3.37. The number of carbonyl (C=O) groups excluding carboxylic acids is 1. The maximum Gasteiger partial charge on any atom is 0.268 e. The molecule has 1 amide bonds. The lowest BCUT2D eigenvalue weighted by molar-refractivity contribution is -0.870. The Kier molecular flexibility index (Phi) is 54.7. The summed E-state index contributed by atoms with van der Waals surface area (Å²) in [7, 11) is 1.26. The lowest BCUT2D eigenvalue weighted by Crippen LogP contribution is -2.45. The molecule has 436 valence electrons. The molecule has 0 saturated heterocycles. The number of unbranched alkanes of at least 4 members (excludes halogenated alkanes) is 32. The summed E-state index contributed by atoms with van der Waals surface area (Å²) in [6.45, 7) is 4.56.